The smallest absolute Gasteiger partial charge is 0.268 e. The first kappa shape index (κ1) is 22.8. The van der Waals surface area contributed by atoms with Crippen molar-refractivity contribution in [1.29, 1.82) is 0 Å². The predicted octanol–water partition coefficient (Wildman–Crippen LogP) is 3.88. The Balaban J connectivity index is 1.61. The van der Waals surface area contributed by atoms with Crippen LogP contribution in [0.1, 0.15) is 38.7 Å². The molecule has 7 nitrogen and oxygen atoms in total. The highest BCUT2D eigenvalue weighted by Crippen LogP contribution is 2.44. The summed E-state index contributed by atoms with van der Waals surface area (Å²) >= 11 is 0. The Morgan fingerprint density at radius 1 is 0.886 bits per heavy atom. The monoisotopic (exact) mass is 469 g/mol. The summed E-state index contributed by atoms with van der Waals surface area (Å²) < 4.78 is 5.55. The number of methoxy groups -OCH3 is 1. The number of amides is 3. The van der Waals surface area contributed by atoms with E-state index in [1.807, 2.05) is 63.2 Å². The Hall–Kier alpha value is -3.97. The van der Waals surface area contributed by atoms with Crippen molar-refractivity contribution in [3.05, 3.63) is 94.5 Å². The van der Waals surface area contributed by atoms with Gasteiger partial charge in [0.1, 0.15) is 11.8 Å². The number of benzene rings is 3. The molecule has 0 bridgehead atoms. The summed E-state index contributed by atoms with van der Waals surface area (Å²) in [6.07, 6.45) is 0. The molecule has 3 unspecified atom stereocenters. The predicted molar refractivity (Wildman–Crippen MR) is 132 cm³/mol. The van der Waals surface area contributed by atoms with Crippen molar-refractivity contribution in [3.63, 3.8) is 0 Å². The van der Waals surface area contributed by atoms with E-state index in [0.29, 0.717) is 22.6 Å². The minimum Gasteiger partial charge on any atom is -0.496 e. The summed E-state index contributed by atoms with van der Waals surface area (Å²) in [4.78, 5) is 42.4. The fraction of sp³-hybridized carbons (Fsp3) is 0.250. The van der Waals surface area contributed by atoms with E-state index >= 15 is 0 Å². The summed E-state index contributed by atoms with van der Waals surface area (Å²) in [6, 6.07) is 18.4. The third kappa shape index (κ3) is 3.68. The first-order chi connectivity index (χ1) is 16.8. The van der Waals surface area contributed by atoms with Crippen LogP contribution in [0.2, 0.25) is 0 Å². The zero-order valence-corrected chi connectivity index (χ0v) is 20.1. The van der Waals surface area contributed by atoms with E-state index in [1.54, 1.807) is 31.4 Å². The van der Waals surface area contributed by atoms with Crippen LogP contribution in [0, 0.1) is 26.7 Å². The van der Waals surface area contributed by atoms with Crippen LogP contribution in [0.4, 0.5) is 5.69 Å². The number of imide groups is 1. The number of para-hydroxylation sites is 1. The highest BCUT2D eigenvalue weighted by atomic mass is 16.5. The molecule has 35 heavy (non-hydrogen) atoms. The van der Waals surface area contributed by atoms with Crippen LogP contribution in [0.15, 0.2) is 66.7 Å². The number of nitrogens with zero attached hydrogens (tertiary/aromatic N) is 2. The maximum Gasteiger partial charge on any atom is 0.268 e. The number of ether oxygens (including phenoxy) is 1. The van der Waals surface area contributed by atoms with Crippen molar-refractivity contribution in [1.82, 2.24) is 10.4 Å². The van der Waals surface area contributed by atoms with Gasteiger partial charge >= 0.3 is 0 Å². The van der Waals surface area contributed by atoms with Crippen LogP contribution in [0.5, 0.6) is 5.75 Å². The molecule has 2 heterocycles. The lowest BCUT2D eigenvalue weighted by Crippen LogP contribution is -2.48. The second kappa shape index (κ2) is 8.67. The topological polar surface area (TPSA) is 79.0 Å². The average Bonchev–Trinajstić information content (AvgIpc) is 3.37. The minimum atomic E-state index is -0.979. The summed E-state index contributed by atoms with van der Waals surface area (Å²) in [7, 11) is 1.56. The molecule has 3 aromatic rings. The molecular formula is C28H27N3O4. The molecule has 0 saturated carbocycles. The summed E-state index contributed by atoms with van der Waals surface area (Å²) in [5, 5.41) is 1.33. The fourth-order valence-electron chi connectivity index (χ4n) is 4.91. The average molecular weight is 470 g/mol. The Bertz CT molecular complexity index is 1330. The van der Waals surface area contributed by atoms with E-state index in [-0.39, 0.29) is 11.8 Å². The molecule has 3 atom stereocenters. The molecule has 0 aliphatic carbocycles. The quantitative estimate of drug-likeness (QED) is 0.587. The molecule has 2 aliphatic rings. The van der Waals surface area contributed by atoms with Gasteiger partial charge in [-0.3, -0.25) is 19.4 Å². The molecule has 2 aliphatic heterocycles. The zero-order chi connectivity index (χ0) is 24.9. The number of hydrogen-bond donors (Lipinski definition) is 1. The molecule has 3 aromatic carbocycles. The molecule has 178 valence electrons. The lowest BCUT2D eigenvalue weighted by atomic mass is 9.90. The van der Waals surface area contributed by atoms with Crippen molar-refractivity contribution in [3.8, 4) is 5.75 Å². The zero-order valence-electron chi connectivity index (χ0n) is 20.1. The molecular weight excluding hydrogens is 442 g/mol. The number of carbonyl (C=O) groups is 3. The second-order valence-electron chi connectivity index (χ2n) is 9.14. The molecule has 1 N–H and O–H groups in total. The van der Waals surface area contributed by atoms with Crippen LogP contribution in [-0.4, -0.2) is 35.9 Å². The number of rotatable bonds is 4. The first-order valence-electron chi connectivity index (χ1n) is 11.6. The van der Waals surface area contributed by atoms with Gasteiger partial charge in [-0.05, 0) is 62.2 Å². The van der Waals surface area contributed by atoms with Crippen LogP contribution in [-0.2, 0) is 9.59 Å². The number of fused-ring (bicyclic) bond motifs is 1. The lowest BCUT2D eigenvalue weighted by Gasteiger charge is -2.26. The number of hydrazine groups is 1. The third-order valence-electron chi connectivity index (χ3n) is 6.97. The van der Waals surface area contributed by atoms with Gasteiger partial charge < -0.3 is 4.74 Å². The van der Waals surface area contributed by atoms with Crippen LogP contribution in [0.3, 0.4) is 0 Å². The van der Waals surface area contributed by atoms with Crippen LogP contribution >= 0.6 is 0 Å². The largest absolute Gasteiger partial charge is 0.496 e. The van der Waals surface area contributed by atoms with Gasteiger partial charge in [0.15, 0.2) is 0 Å². The Morgan fingerprint density at radius 3 is 2.29 bits per heavy atom. The first-order valence-corrected chi connectivity index (χ1v) is 11.6. The van der Waals surface area contributed by atoms with E-state index in [4.69, 9.17) is 4.74 Å². The van der Waals surface area contributed by atoms with Crippen LogP contribution in [0.25, 0.3) is 0 Å². The normalized spacial score (nSPS) is 21.4. The SMILES string of the molecule is COc1ccccc1C1NN(C(=O)c2ccc(C)cc2)C2C(=O)N(c3ccc(C)c(C)c3)C(=O)C12. The highest BCUT2D eigenvalue weighted by molar-refractivity contribution is 6.25. The summed E-state index contributed by atoms with van der Waals surface area (Å²) in [6.45, 7) is 5.86. The van der Waals surface area contributed by atoms with Gasteiger partial charge in [0.25, 0.3) is 11.8 Å². The summed E-state index contributed by atoms with van der Waals surface area (Å²) in [5.41, 5.74) is 7.92. The standard InChI is InChI=1S/C28H27N3O4/c1-16-9-12-19(13-10-16)26(32)31-25-23(24(29-31)21-7-5-6-8-22(21)35-4)27(33)30(28(25)34)20-14-11-17(2)18(3)15-20/h5-15,23-25,29H,1-4H3. The molecule has 0 radical (unpaired) electrons. The van der Waals surface area contributed by atoms with Crippen molar-refractivity contribution in [2.45, 2.75) is 32.9 Å². The van der Waals surface area contributed by atoms with E-state index in [0.717, 1.165) is 16.7 Å². The van der Waals surface area contributed by atoms with Gasteiger partial charge in [-0.25, -0.2) is 10.3 Å². The van der Waals surface area contributed by atoms with E-state index < -0.39 is 23.9 Å². The molecule has 2 fully saturated rings. The second-order valence-corrected chi connectivity index (χ2v) is 9.14. The lowest BCUT2D eigenvalue weighted by molar-refractivity contribution is -0.123. The van der Waals surface area contributed by atoms with Crippen molar-refractivity contribution in [2.75, 3.05) is 12.0 Å². The number of aryl methyl sites for hydroxylation is 3. The van der Waals surface area contributed by atoms with Gasteiger partial charge in [-0.2, -0.15) is 0 Å². The minimum absolute atomic E-state index is 0.342. The Kier molecular flexibility index (Phi) is 5.65. The number of anilines is 1. The van der Waals surface area contributed by atoms with Crippen molar-refractivity contribution >= 4 is 23.4 Å². The molecule has 3 amide bonds. The van der Waals surface area contributed by atoms with Gasteiger partial charge in [0, 0.05) is 11.1 Å². The fourth-order valence-corrected chi connectivity index (χ4v) is 4.91. The molecule has 5 rings (SSSR count). The molecule has 2 saturated heterocycles. The summed E-state index contributed by atoms with van der Waals surface area (Å²) in [5.74, 6) is -1.34. The van der Waals surface area contributed by atoms with E-state index in [1.165, 1.54) is 9.91 Å². The Morgan fingerprint density at radius 2 is 1.60 bits per heavy atom. The van der Waals surface area contributed by atoms with Gasteiger partial charge in [-0.1, -0.05) is 42.0 Å². The maximum atomic E-state index is 13.8. The Labute approximate surface area is 204 Å². The van der Waals surface area contributed by atoms with Crippen LogP contribution < -0.4 is 15.1 Å². The van der Waals surface area contributed by atoms with Crippen molar-refractivity contribution in [2.24, 2.45) is 5.92 Å². The van der Waals surface area contributed by atoms with E-state index in [2.05, 4.69) is 5.43 Å². The molecule has 7 heteroatoms. The van der Waals surface area contributed by atoms with E-state index in [9.17, 15) is 14.4 Å². The number of nitrogens with one attached hydrogen (secondary N) is 1. The molecule has 0 spiro atoms. The molecule has 0 aromatic heterocycles. The third-order valence-corrected chi connectivity index (χ3v) is 6.97. The number of hydrogen-bond acceptors (Lipinski definition) is 5. The van der Waals surface area contributed by atoms with Gasteiger partial charge in [0.2, 0.25) is 5.91 Å². The highest BCUT2D eigenvalue weighted by Gasteiger charge is 2.60. The maximum absolute atomic E-state index is 13.8. The number of carbonyl (C=O) groups excluding carboxylic acids is 3. The van der Waals surface area contributed by atoms with Crippen molar-refractivity contribution < 1.29 is 19.1 Å². The van der Waals surface area contributed by atoms with Gasteiger partial charge in [-0.15, -0.1) is 0 Å². The van der Waals surface area contributed by atoms with Gasteiger partial charge in [0.05, 0.1) is 24.8 Å².